The van der Waals surface area contributed by atoms with E-state index in [2.05, 4.69) is 15.1 Å². The maximum atomic E-state index is 12.3. The maximum absolute atomic E-state index is 12.3. The van der Waals surface area contributed by atoms with Gasteiger partial charge in [0.2, 0.25) is 5.91 Å². The van der Waals surface area contributed by atoms with E-state index < -0.39 is 0 Å². The van der Waals surface area contributed by atoms with Crippen LogP contribution in [-0.4, -0.2) is 74.2 Å². The van der Waals surface area contributed by atoms with Crippen molar-refractivity contribution in [3.05, 3.63) is 24.3 Å². The molecule has 2 aliphatic heterocycles. The summed E-state index contributed by atoms with van der Waals surface area (Å²) in [5.41, 5.74) is 0. The third-order valence-corrected chi connectivity index (χ3v) is 5.59. The molecular weight excluding hydrogens is 354 g/mol. The van der Waals surface area contributed by atoms with Crippen LogP contribution in [0.15, 0.2) is 24.3 Å². The Labute approximate surface area is 169 Å². The number of nitrogens with one attached hydrogen (secondary N) is 1. The lowest BCUT2D eigenvalue weighted by atomic mass is 10.1. The van der Waals surface area contributed by atoms with Crippen LogP contribution in [0.3, 0.4) is 0 Å². The molecule has 156 valence electrons. The normalized spacial score (nSPS) is 20.8. The largest absolute Gasteiger partial charge is 0.494 e. The van der Waals surface area contributed by atoms with E-state index >= 15 is 0 Å². The van der Waals surface area contributed by atoms with E-state index in [4.69, 9.17) is 9.47 Å². The van der Waals surface area contributed by atoms with Crippen LogP contribution in [0.25, 0.3) is 0 Å². The summed E-state index contributed by atoms with van der Waals surface area (Å²) in [5, 5.41) is 2.99. The first-order valence-electron chi connectivity index (χ1n) is 10.8. The summed E-state index contributed by atoms with van der Waals surface area (Å²) in [6, 6.07) is 8.11. The van der Waals surface area contributed by atoms with Crippen molar-refractivity contribution in [3.8, 4) is 11.5 Å². The van der Waals surface area contributed by atoms with Gasteiger partial charge in [0, 0.05) is 12.6 Å². The van der Waals surface area contributed by atoms with Crippen molar-refractivity contribution in [2.75, 3.05) is 52.5 Å². The minimum Gasteiger partial charge on any atom is -0.494 e. The average molecular weight is 390 g/mol. The molecule has 0 radical (unpaired) electrons. The molecule has 28 heavy (non-hydrogen) atoms. The van der Waals surface area contributed by atoms with Gasteiger partial charge in [-0.25, -0.2) is 0 Å². The Kier molecular flexibility index (Phi) is 8.42. The van der Waals surface area contributed by atoms with Crippen LogP contribution in [0, 0.1) is 0 Å². The number of amides is 1. The highest BCUT2D eigenvalue weighted by Crippen LogP contribution is 2.20. The van der Waals surface area contributed by atoms with Crippen LogP contribution in [0.4, 0.5) is 0 Å². The van der Waals surface area contributed by atoms with Gasteiger partial charge in [-0.2, -0.15) is 0 Å². The number of carbonyl (C=O) groups is 1. The van der Waals surface area contributed by atoms with Gasteiger partial charge in [-0.3, -0.25) is 9.69 Å². The van der Waals surface area contributed by atoms with Crippen molar-refractivity contribution >= 4 is 5.91 Å². The molecule has 1 atom stereocenters. The van der Waals surface area contributed by atoms with Crippen LogP contribution in [0.1, 0.15) is 39.0 Å². The molecule has 6 nitrogen and oxygen atoms in total. The standard InChI is InChI=1S/C22H35N3O3/c1-2-27-20-8-10-21(11-9-20)28-16-12-23-22(26)18-25-15-6-7-19(25)17-24-13-4-3-5-14-24/h8-11,19H,2-7,12-18H2,1H3,(H,23,26). The van der Waals surface area contributed by atoms with E-state index in [1.54, 1.807) is 0 Å². The number of rotatable bonds is 10. The molecule has 0 aromatic heterocycles. The van der Waals surface area contributed by atoms with Crippen molar-refractivity contribution < 1.29 is 14.3 Å². The summed E-state index contributed by atoms with van der Waals surface area (Å²) in [5.74, 6) is 1.73. The fraction of sp³-hybridized carbons (Fsp3) is 0.682. The molecule has 1 amide bonds. The summed E-state index contributed by atoms with van der Waals surface area (Å²) in [7, 11) is 0. The smallest absolute Gasteiger partial charge is 0.234 e. The van der Waals surface area contributed by atoms with E-state index in [9.17, 15) is 4.79 Å². The Hall–Kier alpha value is -1.79. The van der Waals surface area contributed by atoms with E-state index in [1.807, 2.05) is 31.2 Å². The molecule has 2 aliphatic rings. The van der Waals surface area contributed by atoms with Crippen LogP contribution in [-0.2, 0) is 4.79 Å². The number of carbonyl (C=O) groups excluding carboxylic acids is 1. The van der Waals surface area contributed by atoms with Gasteiger partial charge in [0.1, 0.15) is 18.1 Å². The molecule has 1 aromatic rings. The number of hydrogen-bond acceptors (Lipinski definition) is 5. The number of benzene rings is 1. The molecule has 6 heteroatoms. The molecule has 2 heterocycles. The minimum absolute atomic E-state index is 0.0980. The van der Waals surface area contributed by atoms with E-state index in [1.165, 1.54) is 45.2 Å². The predicted molar refractivity (Wildman–Crippen MR) is 111 cm³/mol. The quantitative estimate of drug-likeness (QED) is 0.623. The van der Waals surface area contributed by atoms with Crippen molar-refractivity contribution in [2.24, 2.45) is 0 Å². The zero-order valence-corrected chi connectivity index (χ0v) is 17.2. The molecule has 1 aromatic carbocycles. The summed E-state index contributed by atoms with van der Waals surface area (Å²) < 4.78 is 11.1. The Morgan fingerprint density at radius 2 is 1.75 bits per heavy atom. The monoisotopic (exact) mass is 389 g/mol. The first-order valence-corrected chi connectivity index (χ1v) is 10.8. The lowest BCUT2D eigenvalue weighted by molar-refractivity contribution is -0.122. The van der Waals surface area contributed by atoms with Crippen molar-refractivity contribution in [1.29, 1.82) is 0 Å². The molecule has 0 saturated carbocycles. The number of nitrogens with zero attached hydrogens (tertiary/aromatic N) is 2. The fourth-order valence-electron chi connectivity index (χ4n) is 4.15. The van der Waals surface area contributed by atoms with Crippen molar-refractivity contribution in [3.63, 3.8) is 0 Å². The molecule has 0 spiro atoms. The van der Waals surface area contributed by atoms with Gasteiger partial charge in [0.15, 0.2) is 0 Å². The molecular formula is C22H35N3O3. The molecule has 0 bridgehead atoms. The average Bonchev–Trinajstić information content (AvgIpc) is 3.14. The van der Waals surface area contributed by atoms with Gasteiger partial charge in [-0.05, 0) is 76.5 Å². The third kappa shape index (κ3) is 6.67. The Bertz CT molecular complexity index is 587. The number of piperidine rings is 1. The van der Waals surface area contributed by atoms with Crippen LogP contribution in [0.2, 0.25) is 0 Å². The second-order valence-electron chi connectivity index (χ2n) is 7.73. The minimum atomic E-state index is 0.0980. The van der Waals surface area contributed by atoms with Crippen molar-refractivity contribution in [2.45, 2.75) is 45.1 Å². The summed E-state index contributed by atoms with van der Waals surface area (Å²) >= 11 is 0. The third-order valence-electron chi connectivity index (χ3n) is 5.59. The highest BCUT2D eigenvalue weighted by molar-refractivity contribution is 5.78. The zero-order chi connectivity index (χ0) is 19.6. The first-order chi connectivity index (χ1) is 13.7. The summed E-state index contributed by atoms with van der Waals surface area (Å²) in [4.78, 5) is 17.3. The van der Waals surface area contributed by atoms with Gasteiger partial charge < -0.3 is 19.7 Å². The topological polar surface area (TPSA) is 54.0 Å². The predicted octanol–water partition coefficient (Wildman–Crippen LogP) is 2.53. The van der Waals surface area contributed by atoms with E-state index in [0.29, 0.717) is 32.3 Å². The van der Waals surface area contributed by atoms with Crippen LogP contribution < -0.4 is 14.8 Å². The fourth-order valence-corrected chi connectivity index (χ4v) is 4.15. The molecule has 2 fully saturated rings. The second-order valence-corrected chi connectivity index (χ2v) is 7.73. The number of ether oxygens (including phenoxy) is 2. The summed E-state index contributed by atoms with van der Waals surface area (Å²) in [6.07, 6.45) is 6.42. The van der Waals surface area contributed by atoms with E-state index in [0.717, 1.165) is 24.6 Å². The molecule has 1 unspecified atom stereocenters. The highest BCUT2D eigenvalue weighted by atomic mass is 16.5. The molecule has 3 rings (SSSR count). The highest BCUT2D eigenvalue weighted by Gasteiger charge is 2.28. The Morgan fingerprint density at radius 1 is 1.04 bits per heavy atom. The first kappa shape index (κ1) is 20.9. The van der Waals surface area contributed by atoms with Gasteiger partial charge in [0.05, 0.1) is 19.7 Å². The van der Waals surface area contributed by atoms with E-state index in [-0.39, 0.29) is 5.91 Å². The summed E-state index contributed by atoms with van der Waals surface area (Å²) in [6.45, 7) is 8.71. The zero-order valence-electron chi connectivity index (χ0n) is 17.2. The van der Waals surface area contributed by atoms with Crippen LogP contribution >= 0.6 is 0 Å². The molecule has 0 aliphatic carbocycles. The van der Waals surface area contributed by atoms with Crippen LogP contribution in [0.5, 0.6) is 11.5 Å². The van der Waals surface area contributed by atoms with Crippen molar-refractivity contribution in [1.82, 2.24) is 15.1 Å². The number of hydrogen-bond donors (Lipinski definition) is 1. The number of likely N-dealkylation sites (tertiary alicyclic amines) is 2. The SMILES string of the molecule is CCOc1ccc(OCCNC(=O)CN2CCCC2CN2CCCCC2)cc1. The second kappa shape index (κ2) is 11.3. The lowest BCUT2D eigenvalue weighted by Crippen LogP contribution is -2.46. The Balaban J connectivity index is 1.32. The lowest BCUT2D eigenvalue weighted by Gasteiger charge is -2.32. The van der Waals surface area contributed by atoms with Gasteiger partial charge in [-0.15, -0.1) is 0 Å². The van der Waals surface area contributed by atoms with Gasteiger partial charge in [0.25, 0.3) is 0 Å². The Morgan fingerprint density at radius 3 is 2.46 bits per heavy atom. The maximum Gasteiger partial charge on any atom is 0.234 e. The molecule has 1 N–H and O–H groups in total. The van der Waals surface area contributed by atoms with Gasteiger partial charge >= 0.3 is 0 Å². The molecule has 2 saturated heterocycles. The van der Waals surface area contributed by atoms with Gasteiger partial charge in [-0.1, -0.05) is 6.42 Å².